The van der Waals surface area contributed by atoms with Gasteiger partial charge < -0.3 is 10.4 Å². The first-order valence-corrected chi connectivity index (χ1v) is 6.21. The Morgan fingerprint density at radius 2 is 2.19 bits per heavy atom. The van der Waals surface area contributed by atoms with Gasteiger partial charge in [0.1, 0.15) is 5.75 Å². The fourth-order valence-electron chi connectivity index (χ4n) is 2.37. The average Bonchev–Trinajstić information content (AvgIpc) is 2.69. The molecule has 2 heteroatoms. The molecule has 2 N–H and O–H groups in total. The topological polar surface area (TPSA) is 32.3 Å². The lowest BCUT2D eigenvalue weighted by Crippen LogP contribution is -2.23. The van der Waals surface area contributed by atoms with E-state index in [1.165, 1.54) is 24.0 Å². The molecule has 0 amide bonds. The van der Waals surface area contributed by atoms with Crippen LogP contribution in [0, 0.1) is 0 Å². The van der Waals surface area contributed by atoms with E-state index in [2.05, 4.69) is 25.2 Å². The van der Waals surface area contributed by atoms with Gasteiger partial charge in [0.25, 0.3) is 0 Å². The highest BCUT2D eigenvalue weighted by Gasteiger charge is 2.15. The molecule has 1 heterocycles. The third kappa shape index (κ3) is 2.76. The molecule has 1 aromatic rings. The molecule has 88 valence electrons. The number of aromatic hydroxyl groups is 1. The summed E-state index contributed by atoms with van der Waals surface area (Å²) in [7, 11) is 0. The lowest BCUT2D eigenvalue weighted by atomic mass is 9.97. The summed E-state index contributed by atoms with van der Waals surface area (Å²) in [6.45, 7) is 5.46. The van der Waals surface area contributed by atoms with Crippen LogP contribution in [-0.4, -0.2) is 17.7 Å². The largest absolute Gasteiger partial charge is 0.508 e. The molecule has 1 aromatic carbocycles. The van der Waals surface area contributed by atoms with Crippen LogP contribution in [0.1, 0.15) is 43.7 Å². The van der Waals surface area contributed by atoms with Crippen molar-refractivity contribution in [2.24, 2.45) is 0 Å². The fourth-order valence-corrected chi connectivity index (χ4v) is 2.37. The Bertz CT molecular complexity index is 354. The van der Waals surface area contributed by atoms with Crippen LogP contribution in [-0.2, 0) is 6.42 Å². The van der Waals surface area contributed by atoms with E-state index in [1.807, 2.05) is 12.1 Å². The number of benzene rings is 1. The molecule has 1 fully saturated rings. The van der Waals surface area contributed by atoms with E-state index in [4.69, 9.17) is 0 Å². The zero-order chi connectivity index (χ0) is 11.5. The smallest absolute Gasteiger partial charge is 0.116 e. The molecule has 0 bridgehead atoms. The molecule has 0 aliphatic carbocycles. The predicted molar refractivity (Wildman–Crippen MR) is 66.9 cm³/mol. The van der Waals surface area contributed by atoms with Gasteiger partial charge >= 0.3 is 0 Å². The lowest BCUT2D eigenvalue weighted by molar-refractivity contribution is 0.472. The monoisotopic (exact) mass is 219 g/mol. The Morgan fingerprint density at radius 1 is 1.38 bits per heavy atom. The van der Waals surface area contributed by atoms with Crippen molar-refractivity contribution in [1.29, 1.82) is 0 Å². The predicted octanol–water partition coefficient (Wildman–Crippen LogP) is 2.81. The first-order valence-electron chi connectivity index (χ1n) is 6.21. The van der Waals surface area contributed by atoms with Crippen molar-refractivity contribution in [1.82, 2.24) is 5.32 Å². The Labute approximate surface area is 97.7 Å². The second-order valence-electron chi connectivity index (χ2n) is 5.08. The van der Waals surface area contributed by atoms with E-state index in [1.54, 1.807) is 0 Å². The normalized spacial score (nSPS) is 20.6. The van der Waals surface area contributed by atoms with Crippen molar-refractivity contribution in [3.63, 3.8) is 0 Å². The van der Waals surface area contributed by atoms with Crippen LogP contribution in [0.25, 0.3) is 0 Å². The van der Waals surface area contributed by atoms with Gasteiger partial charge in [-0.05, 0) is 55.0 Å². The minimum absolute atomic E-state index is 0.402. The van der Waals surface area contributed by atoms with Crippen LogP contribution in [0.5, 0.6) is 5.75 Å². The van der Waals surface area contributed by atoms with Gasteiger partial charge in [-0.3, -0.25) is 0 Å². The lowest BCUT2D eigenvalue weighted by Gasteiger charge is -2.13. The Morgan fingerprint density at radius 3 is 2.81 bits per heavy atom. The van der Waals surface area contributed by atoms with Gasteiger partial charge in [-0.2, -0.15) is 0 Å². The number of phenolic OH excluding ortho intramolecular Hbond substituents is 1. The van der Waals surface area contributed by atoms with E-state index in [0.717, 1.165) is 13.0 Å². The fraction of sp³-hybridized carbons (Fsp3) is 0.571. The van der Waals surface area contributed by atoms with Crippen molar-refractivity contribution in [3.8, 4) is 5.75 Å². The quantitative estimate of drug-likeness (QED) is 0.819. The van der Waals surface area contributed by atoms with Crippen LogP contribution >= 0.6 is 0 Å². The zero-order valence-electron chi connectivity index (χ0n) is 10.2. The van der Waals surface area contributed by atoms with Crippen LogP contribution in [0.2, 0.25) is 0 Å². The summed E-state index contributed by atoms with van der Waals surface area (Å²) >= 11 is 0. The summed E-state index contributed by atoms with van der Waals surface area (Å²) in [6.07, 6.45) is 3.57. The third-order valence-corrected chi connectivity index (χ3v) is 3.31. The van der Waals surface area contributed by atoms with E-state index < -0.39 is 0 Å². The molecular formula is C14H21NO. The Kier molecular flexibility index (Phi) is 3.49. The molecule has 2 rings (SSSR count). The molecule has 0 spiro atoms. The summed E-state index contributed by atoms with van der Waals surface area (Å²) < 4.78 is 0. The standard InChI is InChI=1S/C14H21NO/c1-10(2)12-6-11(8-14(16)9-12)7-13-4-3-5-15-13/h6,8-10,13,15-16H,3-5,7H2,1-2H3. The summed E-state index contributed by atoms with van der Waals surface area (Å²) in [6, 6.07) is 6.59. The molecule has 1 aliphatic heterocycles. The molecule has 1 aliphatic rings. The molecule has 1 saturated heterocycles. The highest BCUT2D eigenvalue weighted by molar-refractivity contribution is 5.35. The highest BCUT2D eigenvalue weighted by Crippen LogP contribution is 2.23. The van der Waals surface area contributed by atoms with Crippen LogP contribution in [0.15, 0.2) is 18.2 Å². The van der Waals surface area contributed by atoms with Crippen LogP contribution < -0.4 is 5.32 Å². The van der Waals surface area contributed by atoms with Gasteiger partial charge in [0.05, 0.1) is 0 Å². The number of hydrogen-bond donors (Lipinski definition) is 2. The average molecular weight is 219 g/mol. The highest BCUT2D eigenvalue weighted by atomic mass is 16.3. The van der Waals surface area contributed by atoms with Gasteiger partial charge in [-0.25, -0.2) is 0 Å². The van der Waals surface area contributed by atoms with Crippen molar-refractivity contribution in [3.05, 3.63) is 29.3 Å². The van der Waals surface area contributed by atoms with Gasteiger partial charge in [0, 0.05) is 6.04 Å². The summed E-state index contributed by atoms with van der Waals surface area (Å²) in [5.74, 6) is 0.876. The maximum Gasteiger partial charge on any atom is 0.116 e. The molecule has 1 unspecified atom stereocenters. The summed E-state index contributed by atoms with van der Waals surface area (Å²) in [4.78, 5) is 0. The molecule has 0 aromatic heterocycles. The van der Waals surface area contributed by atoms with Crippen LogP contribution in [0.3, 0.4) is 0 Å². The zero-order valence-corrected chi connectivity index (χ0v) is 10.2. The van der Waals surface area contributed by atoms with Gasteiger partial charge in [-0.1, -0.05) is 19.9 Å². The van der Waals surface area contributed by atoms with Crippen molar-refractivity contribution < 1.29 is 5.11 Å². The van der Waals surface area contributed by atoms with Crippen molar-refractivity contribution in [2.75, 3.05) is 6.54 Å². The minimum atomic E-state index is 0.402. The molecule has 1 atom stereocenters. The van der Waals surface area contributed by atoms with Gasteiger partial charge in [0.2, 0.25) is 0 Å². The molecular weight excluding hydrogens is 198 g/mol. The minimum Gasteiger partial charge on any atom is -0.508 e. The van der Waals surface area contributed by atoms with Gasteiger partial charge in [-0.15, -0.1) is 0 Å². The summed E-state index contributed by atoms with van der Waals surface area (Å²) in [5, 5.41) is 13.2. The second kappa shape index (κ2) is 4.88. The van der Waals surface area contributed by atoms with E-state index in [9.17, 15) is 5.11 Å². The molecule has 2 nitrogen and oxygen atoms in total. The summed E-state index contributed by atoms with van der Waals surface area (Å²) in [5.41, 5.74) is 2.48. The first kappa shape index (κ1) is 11.5. The molecule has 0 radical (unpaired) electrons. The Balaban J connectivity index is 2.13. The second-order valence-corrected chi connectivity index (χ2v) is 5.08. The number of rotatable bonds is 3. The first-order chi connectivity index (χ1) is 7.65. The van der Waals surface area contributed by atoms with Crippen LogP contribution in [0.4, 0.5) is 0 Å². The van der Waals surface area contributed by atoms with Crippen molar-refractivity contribution in [2.45, 2.75) is 45.1 Å². The number of nitrogens with one attached hydrogen (secondary N) is 1. The maximum absolute atomic E-state index is 9.70. The van der Waals surface area contributed by atoms with Gasteiger partial charge in [0.15, 0.2) is 0 Å². The van der Waals surface area contributed by atoms with E-state index in [0.29, 0.717) is 17.7 Å². The van der Waals surface area contributed by atoms with Crippen molar-refractivity contribution >= 4 is 0 Å². The Hall–Kier alpha value is -1.02. The van der Waals surface area contributed by atoms with E-state index >= 15 is 0 Å². The molecule has 0 saturated carbocycles. The SMILES string of the molecule is CC(C)c1cc(O)cc(CC2CCCN2)c1. The number of hydrogen-bond acceptors (Lipinski definition) is 2. The molecule has 16 heavy (non-hydrogen) atoms. The maximum atomic E-state index is 9.70. The third-order valence-electron chi connectivity index (χ3n) is 3.31. The number of phenols is 1. The van der Waals surface area contributed by atoms with E-state index in [-0.39, 0.29) is 0 Å².